The van der Waals surface area contributed by atoms with E-state index < -0.39 is 130 Å². The Morgan fingerprint density at radius 3 is 1.65 bits per heavy atom. The minimum Gasteiger partial charge on any atom is -0.444 e. The molecule has 1 aromatic rings. The molecular formula is C39H61F5N8O10. The molecule has 1 aromatic carbocycles. The van der Waals surface area contributed by atoms with Gasteiger partial charge >= 0.3 is 12.1 Å². The SMILES string of the molecule is CC[C@H](C)[C@H](NC(=O)[C@@H](CCCN=C(N)N)NC(=O)[C@H](CC(C)C)NC(=O)[C@@H](NC(=O)OC(C)(C)C)[C@H](O)C(C)C)C(=O)N[C@H](C(=O)Oc1c(F)c(F)c(F)c(F)c1F)[C@H](C)O. The van der Waals surface area contributed by atoms with Crippen molar-refractivity contribution in [2.24, 2.45) is 34.2 Å². The summed E-state index contributed by atoms with van der Waals surface area (Å²) in [6, 6.07) is -8.15. The lowest BCUT2D eigenvalue weighted by atomic mass is 9.96. The number of nitrogens with one attached hydrogen (secondary N) is 5. The lowest BCUT2D eigenvalue weighted by molar-refractivity contribution is -0.143. The van der Waals surface area contributed by atoms with Crippen LogP contribution in [0.25, 0.3) is 0 Å². The first-order chi connectivity index (χ1) is 28.5. The molecule has 0 unspecified atom stereocenters. The van der Waals surface area contributed by atoms with Gasteiger partial charge in [-0.15, -0.1) is 0 Å². The standard InChI is InChI=1S/C39H61F5N8O10/c1-11-18(6)27(34(57)51-28(19(7)53)36(59)61-31-25(43)23(41)22(40)24(42)26(31)44)50-32(55)20(13-12-14-47-37(45)46)48-33(56)21(15-16(2)3)49-35(58)29(30(54)17(4)5)52-38(60)62-39(8,9)10/h16-21,27-30,53-54H,11-15H2,1-10H3,(H,48,56)(H,49,58)(H,50,55)(H,51,57)(H,52,60)(H4,45,46,47)/t18-,19-,20+,21-,27-,28-,29-,30+/m0/s1. The molecule has 352 valence electrons. The number of carbonyl (C=O) groups excluding carboxylic acids is 6. The quantitative estimate of drug-likeness (QED) is 0.0118. The highest BCUT2D eigenvalue weighted by Gasteiger charge is 2.39. The molecule has 18 nitrogen and oxygen atoms in total. The number of nitrogens with zero attached hydrogens (tertiary/aromatic N) is 1. The number of guanidine groups is 1. The summed E-state index contributed by atoms with van der Waals surface area (Å²) in [5, 5.41) is 33.2. The molecule has 0 saturated carbocycles. The second kappa shape index (κ2) is 24.4. The van der Waals surface area contributed by atoms with Crippen LogP contribution in [0.5, 0.6) is 5.75 Å². The molecule has 0 aliphatic carbocycles. The number of hydrogen-bond donors (Lipinski definition) is 9. The number of alkyl carbamates (subject to hydrolysis) is 1. The summed E-state index contributed by atoms with van der Waals surface area (Å²) >= 11 is 0. The monoisotopic (exact) mass is 896 g/mol. The molecule has 0 aromatic heterocycles. The van der Waals surface area contributed by atoms with Crippen molar-refractivity contribution < 1.29 is 70.4 Å². The normalized spacial score (nSPS) is 15.5. The second-order valence-electron chi connectivity index (χ2n) is 16.5. The molecule has 11 N–H and O–H groups in total. The zero-order valence-electron chi connectivity index (χ0n) is 36.5. The molecule has 0 saturated heterocycles. The molecule has 5 amide bonds. The van der Waals surface area contributed by atoms with E-state index in [0.717, 1.165) is 6.92 Å². The summed E-state index contributed by atoms with van der Waals surface area (Å²) in [7, 11) is 0. The number of esters is 1. The van der Waals surface area contributed by atoms with Gasteiger partial charge in [0.05, 0.1) is 12.2 Å². The highest BCUT2D eigenvalue weighted by Crippen LogP contribution is 2.29. The summed E-state index contributed by atoms with van der Waals surface area (Å²) < 4.78 is 79.4. The number of aliphatic hydroxyl groups excluding tert-OH is 2. The van der Waals surface area contributed by atoms with Crippen molar-refractivity contribution in [3.05, 3.63) is 29.1 Å². The van der Waals surface area contributed by atoms with Gasteiger partial charge in [0.15, 0.2) is 12.0 Å². The van der Waals surface area contributed by atoms with Crippen LogP contribution in [0.3, 0.4) is 0 Å². The Morgan fingerprint density at radius 1 is 0.694 bits per heavy atom. The van der Waals surface area contributed by atoms with Crippen LogP contribution in [-0.4, -0.2) is 106 Å². The Balaban J connectivity index is 3.51. The van der Waals surface area contributed by atoms with Crippen LogP contribution in [0.2, 0.25) is 0 Å². The molecule has 0 fully saturated rings. The molecule has 23 heteroatoms. The first kappa shape index (κ1) is 54.7. The van der Waals surface area contributed by atoms with Crippen molar-refractivity contribution in [2.75, 3.05) is 6.54 Å². The summed E-state index contributed by atoms with van der Waals surface area (Å²) in [6.07, 6.45) is -4.24. The summed E-state index contributed by atoms with van der Waals surface area (Å²) in [4.78, 5) is 84.7. The topological polar surface area (TPSA) is 286 Å². The number of benzene rings is 1. The zero-order valence-corrected chi connectivity index (χ0v) is 36.5. The number of nitrogens with two attached hydrogens (primary N) is 2. The average Bonchev–Trinajstić information content (AvgIpc) is 3.16. The van der Waals surface area contributed by atoms with Crippen LogP contribution in [0.1, 0.15) is 94.9 Å². The van der Waals surface area contributed by atoms with Gasteiger partial charge in [-0.3, -0.25) is 24.2 Å². The lowest BCUT2D eigenvalue weighted by Crippen LogP contribution is -2.61. The van der Waals surface area contributed by atoms with E-state index >= 15 is 0 Å². The van der Waals surface area contributed by atoms with Crippen molar-refractivity contribution in [3.8, 4) is 5.75 Å². The average molecular weight is 897 g/mol. The molecule has 0 aliphatic heterocycles. The lowest BCUT2D eigenvalue weighted by Gasteiger charge is -2.31. The third-order valence-electron chi connectivity index (χ3n) is 9.10. The van der Waals surface area contributed by atoms with Gasteiger partial charge in [0, 0.05) is 6.54 Å². The van der Waals surface area contributed by atoms with Crippen molar-refractivity contribution >= 4 is 41.7 Å². The number of aliphatic hydroxyl groups is 2. The molecule has 0 aliphatic rings. The van der Waals surface area contributed by atoms with Crippen molar-refractivity contribution in [1.29, 1.82) is 0 Å². The van der Waals surface area contributed by atoms with Gasteiger partial charge < -0.3 is 57.7 Å². The summed E-state index contributed by atoms with van der Waals surface area (Å²) in [5.74, 6) is -22.0. The zero-order chi connectivity index (χ0) is 48.0. The van der Waals surface area contributed by atoms with Crippen LogP contribution in [0.15, 0.2) is 4.99 Å². The number of aliphatic imine (C=N–C) groups is 1. The number of carbonyl (C=O) groups is 6. The van der Waals surface area contributed by atoms with Gasteiger partial charge in [-0.2, -0.15) is 8.78 Å². The number of halogens is 5. The van der Waals surface area contributed by atoms with Crippen molar-refractivity contribution in [1.82, 2.24) is 26.6 Å². The minimum absolute atomic E-state index is 0.00339. The van der Waals surface area contributed by atoms with Crippen LogP contribution in [-0.2, 0) is 28.7 Å². The first-order valence-electron chi connectivity index (χ1n) is 19.9. The van der Waals surface area contributed by atoms with Crippen LogP contribution in [0.4, 0.5) is 26.7 Å². The van der Waals surface area contributed by atoms with E-state index in [4.69, 9.17) is 16.2 Å². The third-order valence-corrected chi connectivity index (χ3v) is 9.10. The fourth-order valence-corrected chi connectivity index (χ4v) is 5.55. The number of amides is 5. The van der Waals surface area contributed by atoms with Crippen LogP contribution < -0.4 is 42.8 Å². The van der Waals surface area contributed by atoms with Gasteiger partial charge in [0.2, 0.25) is 58.5 Å². The Bertz CT molecular complexity index is 1750. The van der Waals surface area contributed by atoms with E-state index in [1.165, 1.54) is 6.92 Å². The summed E-state index contributed by atoms with van der Waals surface area (Å²) in [6.45, 7) is 15.5. The predicted octanol–water partition coefficient (Wildman–Crippen LogP) is 1.66. The van der Waals surface area contributed by atoms with E-state index in [1.807, 2.05) is 0 Å². The highest BCUT2D eigenvalue weighted by atomic mass is 19.2. The minimum atomic E-state index is -2.53. The fourth-order valence-electron chi connectivity index (χ4n) is 5.55. The Hall–Kier alpha value is -5.32. The molecule has 62 heavy (non-hydrogen) atoms. The van der Waals surface area contributed by atoms with Crippen LogP contribution >= 0.6 is 0 Å². The van der Waals surface area contributed by atoms with Gasteiger partial charge in [-0.05, 0) is 64.7 Å². The first-order valence-corrected chi connectivity index (χ1v) is 19.9. The molecule has 0 radical (unpaired) electrons. The predicted molar refractivity (Wildman–Crippen MR) is 214 cm³/mol. The highest BCUT2D eigenvalue weighted by molar-refractivity contribution is 5.96. The van der Waals surface area contributed by atoms with Gasteiger partial charge in [-0.1, -0.05) is 48.0 Å². The second-order valence-corrected chi connectivity index (χ2v) is 16.5. The van der Waals surface area contributed by atoms with Gasteiger partial charge in [-0.25, -0.2) is 22.8 Å². The molecule has 0 spiro atoms. The molecule has 0 heterocycles. The van der Waals surface area contributed by atoms with E-state index in [2.05, 4.69) is 36.3 Å². The van der Waals surface area contributed by atoms with E-state index in [0.29, 0.717) is 0 Å². The van der Waals surface area contributed by atoms with Crippen LogP contribution in [0, 0.1) is 46.8 Å². The smallest absolute Gasteiger partial charge is 0.408 e. The molecular weight excluding hydrogens is 835 g/mol. The number of hydrogen-bond acceptors (Lipinski definition) is 11. The van der Waals surface area contributed by atoms with Crippen molar-refractivity contribution in [3.63, 3.8) is 0 Å². The Kier molecular flexibility index (Phi) is 21.5. The molecule has 8 atom stereocenters. The molecule has 0 bridgehead atoms. The maximum Gasteiger partial charge on any atom is 0.408 e. The van der Waals surface area contributed by atoms with Crippen molar-refractivity contribution in [2.45, 2.75) is 143 Å². The number of rotatable bonds is 22. The fraction of sp³-hybridized carbons (Fsp3) is 0.667. The largest absolute Gasteiger partial charge is 0.444 e. The van der Waals surface area contributed by atoms with E-state index in [-0.39, 0.29) is 44.1 Å². The van der Waals surface area contributed by atoms with Gasteiger partial charge in [0.25, 0.3) is 0 Å². The maximum atomic E-state index is 14.3. The van der Waals surface area contributed by atoms with E-state index in [9.17, 15) is 60.9 Å². The summed E-state index contributed by atoms with van der Waals surface area (Å²) in [5.41, 5.74) is 9.88. The van der Waals surface area contributed by atoms with E-state index in [1.54, 1.807) is 55.4 Å². The Labute approximate surface area is 356 Å². The molecule has 1 rings (SSSR count). The third kappa shape index (κ3) is 16.9. The number of ether oxygens (including phenoxy) is 2. The van der Waals surface area contributed by atoms with Gasteiger partial charge in [0.1, 0.15) is 29.8 Å². The Morgan fingerprint density at radius 2 is 1.18 bits per heavy atom. The maximum absolute atomic E-state index is 14.3.